The molecule has 0 saturated carbocycles. The van der Waals surface area contributed by atoms with Crippen LogP contribution in [0.5, 0.6) is 0 Å². The SMILES string of the molecule is CC(C)(C)OC(=O)N1CCN(C(=O)c2ccc(-c3cccc(NS(=O)(=O)C4CCOCC4)c3)cc2)CC1. The standard InChI is InChI=1S/C27H35N3O6S/c1-27(2,3)36-26(32)30-15-13-29(14-16-30)25(31)21-9-7-20(8-10-21)22-5-4-6-23(19-22)28-37(33,34)24-11-17-35-18-12-24/h4-10,19,24,28H,11-18H2,1-3H3. The zero-order valence-corrected chi connectivity index (χ0v) is 22.4. The first-order valence-electron chi connectivity index (χ1n) is 12.6. The fourth-order valence-corrected chi connectivity index (χ4v) is 5.84. The van der Waals surface area contributed by atoms with Gasteiger partial charge in [0.2, 0.25) is 10.0 Å². The predicted molar refractivity (Wildman–Crippen MR) is 142 cm³/mol. The molecule has 0 aromatic heterocycles. The lowest BCUT2D eigenvalue weighted by Crippen LogP contribution is -2.51. The van der Waals surface area contributed by atoms with Gasteiger partial charge < -0.3 is 19.3 Å². The number of amides is 2. The summed E-state index contributed by atoms with van der Waals surface area (Å²) < 4.78 is 38.9. The van der Waals surface area contributed by atoms with Crippen molar-refractivity contribution in [2.24, 2.45) is 0 Å². The van der Waals surface area contributed by atoms with E-state index < -0.39 is 20.9 Å². The minimum atomic E-state index is -3.50. The summed E-state index contributed by atoms with van der Waals surface area (Å²) in [4.78, 5) is 28.7. The molecule has 2 aromatic carbocycles. The van der Waals surface area contributed by atoms with E-state index in [0.717, 1.165) is 11.1 Å². The molecule has 10 heteroatoms. The molecule has 0 unspecified atom stereocenters. The van der Waals surface area contributed by atoms with E-state index in [-0.39, 0.29) is 12.0 Å². The Bertz CT molecular complexity index is 1210. The number of nitrogens with zero attached hydrogens (tertiary/aromatic N) is 2. The molecule has 0 spiro atoms. The Kier molecular flexibility index (Phi) is 8.08. The van der Waals surface area contributed by atoms with Crippen molar-refractivity contribution in [1.82, 2.24) is 9.80 Å². The molecule has 2 saturated heterocycles. The molecule has 200 valence electrons. The van der Waals surface area contributed by atoms with E-state index >= 15 is 0 Å². The van der Waals surface area contributed by atoms with Crippen molar-refractivity contribution < 1.29 is 27.5 Å². The third-order valence-electron chi connectivity index (χ3n) is 6.41. The summed E-state index contributed by atoms with van der Waals surface area (Å²) in [5.74, 6) is -0.0895. The average Bonchev–Trinajstić information content (AvgIpc) is 2.88. The van der Waals surface area contributed by atoms with Crippen molar-refractivity contribution in [3.05, 3.63) is 54.1 Å². The average molecular weight is 530 g/mol. The Morgan fingerprint density at radius 1 is 0.919 bits per heavy atom. The van der Waals surface area contributed by atoms with Crippen molar-refractivity contribution >= 4 is 27.7 Å². The van der Waals surface area contributed by atoms with Crippen LogP contribution in [0.25, 0.3) is 11.1 Å². The summed E-state index contributed by atoms with van der Waals surface area (Å²) in [5.41, 5.74) is 2.23. The molecule has 9 nitrogen and oxygen atoms in total. The summed E-state index contributed by atoms with van der Waals surface area (Å²) in [7, 11) is -3.50. The van der Waals surface area contributed by atoms with E-state index in [0.29, 0.717) is 63.5 Å². The quantitative estimate of drug-likeness (QED) is 0.629. The maximum Gasteiger partial charge on any atom is 0.410 e. The molecular formula is C27H35N3O6S. The Hall–Kier alpha value is -3.11. The van der Waals surface area contributed by atoms with Gasteiger partial charge in [0.25, 0.3) is 5.91 Å². The van der Waals surface area contributed by atoms with Gasteiger partial charge in [0.15, 0.2) is 0 Å². The van der Waals surface area contributed by atoms with Gasteiger partial charge in [-0.25, -0.2) is 13.2 Å². The molecular weight excluding hydrogens is 494 g/mol. The minimum Gasteiger partial charge on any atom is -0.444 e. The monoisotopic (exact) mass is 529 g/mol. The van der Waals surface area contributed by atoms with Crippen LogP contribution in [0.4, 0.5) is 10.5 Å². The lowest BCUT2D eigenvalue weighted by molar-refractivity contribution is 0.0141. The van der Waals surface area contributed by atoms with Crippen LogP contribution >= 0.6 is 0 Å². The van der Waals surface area contributed by atoms with Crippen molar-refractivity contribution in [3.63, 3.8) is 0 Å². The highest BCUT2D eigenvalue weighted by atomic mass is 32.2. The molecule has 2 fully saturated rings. The number of carbonyl (C=O) groups is 2. The van der Waals surface area contributed by atoms with Crippen LogP contribution in [0.15, 0.2) is 48.5 Å². The van der Waals surface area contributed by atoms with Crippen LogP contribution in [0, 0.1) is 0 Å². The molecule has 37 heavy (non-hydrogen) atoms. The molecule has 2 aliphatic rings. The van der Waals surface area contributed by atoms with E-state index in [1.54, 1.807) is 40.1 Å². The zero-order chi connectivity index (χ0) is 26.6. The number of carbonyl (C=O) groups excluding carboxylic acids is 2. The predicted octanol–water partition coefficient (Wildman–Crippen LogP) is 3.97. The Labute approximate surface area is 218 Å². The van der Waals surface area contributed by atoms with Crippen molar-refractivity contribution in [3.8, 4) is 11.1 Å². The first-order valence-corrected chi connectivity index (χ1v) is 14.1. The van der Waals surface area contributed by atoms with Crippen LogP contribution in [0.3, 0.4) is 0 Å². The molecule has 0 aliphatic carbocycles. The second-order valence-electron chi connectivity index (χ2n) is 10.4. The Morgan fingerprint density at radius 2 is 1.54 bits per heavy atom. The van der Waals surface area contributed by atoms with E-state index in [1.165, 1.54) is 0 Å². The van der Waals surface area contributed by atoms with E-state index in [2.05, 4.69) is 4.72 Å². The first kappa shape index (κ1) is 26.9. The number of anilines is 1. The van der Waals surface area contributed by atoms with Gasteiger partial charge in [0.05, 0.1) is 5.25 Å². The highest BCUT2D eigenvalue weighted by molar-refractivity contribution is 7.93. The van der Waals surface area contributed by atoms with Crippen LogP contribution in [0.2, 0.25) is 0 Å². The van der Waals surface area contributed by atoms with Gasteiger partial charge in [0.1, 0.15) is 5.60 Å². The molecule has 2 aliphatic heterocycles. The third kappa shape index (κ3) is 7.01. The number of nitrogens with one attached hydrogen (secondary N) is 1. The maximum atomic E-state index is 13.0. The summed E-state index contributed by atoms with van der Waals surface area (Å²) >= 11 is 0. The lowest BCUT2D eigenvalue weighted by atomic mass is 10.0. The topological polar surface area (TPSA) is 105 Å². The van der Waals surface area contributed by atoms with Crippen molar-refractivity contribution in [2.75, 3.05) is 44.1 Å². The Balaban J connectivity index is 1.37. The molecule has 4 rings (SSSR count). The molecule has 0 atom stereocenters. The van der Waals surface area contributed by atoms with Crippen LogP contribution < -0.4 is 4.72 Å². The van der Waals surface area contributed by atoms with Gasteiger partial charge in [0, 0.05) is 50.6 Å². The molecule has 2 aromatic rings. The van der Waals surface area contributed by atoms with Crippen molar-refractivity contribution in [2.45, 2.75) is 44.5 Å². The van der Waals surface area contributed by atoms with Crippen LogP contribution in [0.1, 0.15) is 44.0 Å². The maximum absolute atomic E-state index is 13.0. The number of sulfonamides is 1. The summed E-state index contributed by atoms with van der Waals surface area (Å²) in [6.45, 7) is 8.13. The number of rotatable bonds is 5. The molecule has 2 amide bonds. The molecule has 1 N–H and O–H groups in total. The lowest BCUT2D eigenvalue weighted by Gasteiger charge is -2.35. The third-order valence-corrected chi connectivity index (χ3v) is 8.28. The van der Waals surface area contributed by atoms with Crippen LogP contribution in [-0.4, -0.2) is 80.5 Å². The fourth-order valence-electron chi connectivity index (χ4n) is 4.40. The first-order chi connectivity index (χ1) is 17.5. The van der Waals surface area contributed by atoms with E-state index in [9.17, 15) is 18.0 Å². The van der Waals surface area contributed by atoms with E-state index in [1.807, 2.05) is 39.0 Å². The van der Waals surface area contributed by atoms with Gasteiger partial charge in [-0.1, -0.05) is 24.3 Å². The highest BCUT2D eigenvalue weighted by Gasteiger charge is 2.29. The number of piperazine rings is 1. The fraction of sp³-hybridized carbons (Fsp3) is 0.481. The van der Waals surface area contributed by atoms with Gasteiger partial charge >= 0.3 is 6.09 Å². The second kappa shape index (κ2) is 11.1. The van der Waals surface area contributed by atoms with Gasteiger partial charge in [-0.2, -0.15) is 0 Å². The van der Waals surface area contributed by atoms with Crippen molar-refractivity contribution in [1.29, 1.82) is 0 Å². The van der Waals surface area contributed by atoms with Crippen LogP contribution in [-0.2, 0) is 19.5 Å². The number of hydrogen-bond acceptors (Lipinski definition) is 6. The molecule has 0 radical (unpaired) electrons. The second-order valence-corrected chi connectivity index (χ2v) is 12.3. The largest absolute Gasteiger partial charge is 0.444 e. The normalized spacial score (nSPS) is 17.4. The Morgan fingerprint density at radius 3 is 2.16 bits per heavy atom. The number of hydrogen-bond donors (Lipinski definition) is 1. The van der Waals surface area contributed by atoms with Gasteiger partial charge in [-0.05, 0) is 69.0 Å². The van der Waals surface area contributed by atoms with Gasteiger partial charge in [-0.15, -0.1) is 0 Å². The number of ether oxygens (including phenoxy) is 2. The van der Waals surface area contributed by atoms with Gasteiger partial charge in [-0.3, -0.25) is 9.52 Å². The zero-order valence-electron chi connectivity index (χ0n) is 21.6. The smallest absolute Gasteiger partial charge is 0.410 e. The summed E-state index contributed by atoms with van der Waals surface area (Å²) in [6.07, 6.45) is 0.613. The highest BCUT2D eigenvalue weighted by Crippen LogP contribution is 2.26. The molecule has 0 bridgehead atoms. The minimum absolute atomic E-state index is 0.0895. The number of benzene rings is 2. The van der Waals surface area contributed by atoms with E-state index in [4.69, 9.17) is 9.47 Å². The summed E-state index contributed by atoms with van der Waals surface area (Å²) in [5, 5.41) is -0.457. The molecule has 2 heterocycles. The summed E-state index contributed by atoms with van der Waals surface area (Å²) in [6, 6.07) is 14.5.